The van der Waals surface area contributed by atoms with Crippen LogP contribution in [0.2, 0.25) is 0 Å². The van der Waals surface area contributed by atoms with Gasteiger partial charge >= 0.3 is 0 Å². The van der Waals surface area contributed by atoms with Gasteiger partial charge < -0.3 is 14.2 Å². The van der Waals surface area contributed by atoms with Gasteiger partial charge in [0.2, 0.25) is 12.7 Å². The van der Waals surface area contributed by atoms with E-state index in [-0.39, 0.29) is 42.8 Å². The first-order chi connectivity index (χ1) is 10.6. The molecule has 0 radical (unpaired) electrons. The third kappa shape index (κ3) is 1.53. The fourth-order valence-corrected chi connectivity index (χ4v) is 4.13. The lowest BCUT2D eigenvalue weighted by molar-refractivity contribution is -0.129. The molecule has 1 saturated carbocycles. The Labute approximate surface area is 126 Å². The Morgan fingerprint density at radius 1 is 1.18 bits per heavy atom. The average molecular weight is 301 g/mol. The number of nitrogens with zero attached hydrogens (tertiary/aromatic N) is 1. The third-order valence-corrected chi connectivity index (χ3v) is 5.18. The highest BCUT2D eigenvalue weighted by atomic mass is 16.7. The lowest BCUT2D eigenvalue weighted by Crippen LogP contribution is -2.52. The van der Waals surface area contributed by atoms with Gasteiger partial charge in [0.15, 0.2) is 11.5 Å². The maximum absolute atomic E-state index is 12.8. The summed E-state index contributed by atoms with van der Waals surface area (Å²) in [5, 5.41) is 0. The molecule has 22 heavy (non-hydrogen) atoms. The zero-order chi connectivity index (χ0) is 15.0. The highest BCUT2D eigenvalue weighted by Crippen LogP contribution is 2.51. The molecule has 114 valence electrons. The molecule has 4 atom stereocenters. The van der Waals surface area contributed by atoms with Crippen LogP contribution in [0.3, 0.4) is 0 Å². The summed E-state index contributed by atoms with van der Waals surface area (Å²) >= 11 is 0. The van der Waals surface area contributed by atoms with Gasteiger partial charge in [0, 0.05) is 24.4 Å². The number of fused-ring (bicyclic) bond motifs is 5. The van der Waals surface area contributed by atoms with Crippen LogP contribution < -0.4 is 9.47 Å². The van der Waals surface area contributed by atoms with E-state index in [1.54, 1.807) is 6.07 Å². The van der Waals surface area contributed by atoms with Crippen LogP contribution in [0.1, 0.15) is 41.6 Å². The Morgan fingerprint density at radius 2 is 1.91 bits per heavy atom. The van der Waals surface area contributed by atoms with Crippen LogP contribution in [0.5, 0.6) is 11.5 Å². The number of imide groups is 1. The van der Waals surface area contributed by atoms with Crippen molar-refractivity contribution in [2.45, 2.75) is 43.9 Å². The second kappa shape index (κ2) is 4.01. The van der Waals surface area contributed by atoms with Crippen molar-refractivity contribution < 1.29 is 23.8 Å². The van der Waals surface area contributed by atoms with E-state index in [1.165, 1.54) is 11.8 Å². The monoisotopic (exact) mass is 301 g/mol. The zero-order valence-corrected chi connectivity index (χ0v) is 12.1. The predicted molar refractivity (Wildman–Crippen MR) is 73.8 cm³/mol. The van der Waals surface area contributed by atoms with E-state index in [0.717, 1.165) is 18.4 Å². The number of carbonyl (C=O) groups excluding carboxylic acids is 2. The summed E-state index contributed by atoms with van der Waals surface area (Å²) in [6.07, 6.45) is 2.04. The van der Waals surface area contributed by atoms with E-state index < -0.39 is 0 Å². The molecule has 1 aromatic rings. The predicted octanol–water partition coefficient (Wildman–Crippen LogP) is 1.43. The first kappa shape index (κ1) is 12.5. The molecule has 0 N–H and O–H groups in total. The van der Waals surface area contributed by atoms with E-state index in [0.29, 0.717) is 17.1 Å². The van der Waals surface area contributed by atoms with E-state index in [9.17, 15) is 9.59 Å². The molecule has 0 bridgehead atoms. The van der Waals surface area contributed by atoms with Gasteiger partial charge in [-0.25, -0.2) is 0 Å². The number of hydrogen-bond donors (Lipinski definition) is 0. The SMILES string of the molecule is CC(=O)N1C(=O)c2cc3c(cc2[C@H]2C[C@H]4O[C@H]4C[C@@H]21)OCO3. The summed E-state index contributed by atoms with van der Waals surface area (Å²) in [6, 6.07) is 3.51. The Balaban J connectivity index is 1.68. The van der Waals surface area contributed by atoms with E-state index in [1.807, 2.05) is 6.07 Å². The highest BCUT2D eigenvalue weighted by molar-refractivity contribution is 6.07. The van der Waals surface area contributed by atoms with E-state index >= 15 is 0 Å². The largest absolute Gasteiger partial charge is 0.454 e. The molecular weight excluding hydrogens is 286 g/mol. The van der Waals surface area contributed by atoms with Gasteiger partial charge in [-0.3, -0.25) is 14.5 Å². The molecule has 2 fully saturated rings. The van der Waals surface area contributed by atoms with Crippen LogP contribution in [-0.4, -0.2) is 41.8 Å². The first-order valence-corrected chi connectivity index (χ1v) is 7.56. The molecule has 0 aromatic heterocycles. The second-order valence-corrected chi connectivity index (χ2v) is 6.35. The Hall–Kier alpha value is -2.08. The van der Waals surface area contributed by atoms with Crippen LogP contribution in [-0.2, 0) is 9.53 Å². The molecule has 0 spiro atoms. The van der Waals surface area contributed by atoms with Crippen molar-refractivity contribution in [1.82, 2.24) is 4.90 Å². The number of hydrogen-bond acceptors (Lipinski definition) is 5. The van der Waals surface area contributed by atoms with Crippen molar-refractivity contribution in [3.63, 3.8) is 0 Å². The number of epoxide rings is 1. The molecule has 4 aliphatic rings. The minimum absolute atomic E-state index is 0.110. The van der Waals surface area contributed by atoms with Crippen LogP contribution in [0.15, 0.2) is 12.1 Å². The smallest absolute Gasteiger partial charge is 0.261 e. The molecule has 2 amide bonds. The van der Waals surface area contributed by atoms with Crippen molar-refractivity contribution in [1.29, 1.82) is 0 Å². The second-order valence-electron chi connectivity index (χ2n) is 6.35. The number of rotatable bonds is 0. The summed E-state index contributed by atoms with van der Waals surface area (Å²) < 4.78 is 16.5. The number of amides is 2. The van der Waals surface area contributed by atoms with Gasteiger partial charge in [0.1, 0.15) is 0 Å². The summed E-state index contributed by atoms with van der Waals surface area (Å²) in [5.41, 5.74) is 1.52. The van der Waals surface area contributed by atoms with Crippen LogP contribution in [0.25, 0.3) is 0 Å². The molecule has 6 nitrogen and oxygen atoms in total. The molecule has 0 unspecified atom stereocenters. The highest BCUT2D eigenvalue weighted by Gasteiger charge is 2.54. The number of carbonyl (C=O) groups is 2. The number of ether oxygens (including phenoxy) is 3. The average Bonchev–Trinajstić information content (AvgIpc) is 3.09. The lowest BCUT2D eigenvalue weighted by atomic mass is 9.74. The normalized spacial score (nSPS) is 33.9. The first-order valence-electron chi connectivity index (χ1n) is 7.56. The van der Waals surface area contributed by atoms with Gasteiger partial charge in [-0.15, -0.1) is 0 Å². The Morgan fingerprint density at radius 3 is 2.68 bits per heavy atom. The molecule has 3 heterocycles. The quantitative estimate of drug-likeness (QED) is 0.678. The zero-order valence-electron chi connectivity index (χ0n) is 12.1. The summed E-state index contributed by atoms with van der Waals surface area (Å²) in [6.45, 7) is 1.62. The van der Waals surface area contributed by atoms with Crippen molar-refractivity contribution in [3.8, 4) is 11.5 Å². The number of benzene rings is 1. The van der Waals surface area contributed by atoms with Gasteiger partial charge in [0.25, 0.3) is 5.91 Å². The Kier molecular flexibility index (Phi) is 2.27. The van der Waals surface area contributed by atoms with Crippen molar-refractivity contribution >= 4 is 11.8 Å². The maximum atomic E-state index is 12.8. The van der Waals surface area contributed by atoms with E-state index in [2.05, 4.69) is 0 Å². The standard InChI is InChI=1S/C16H15NO5/c1-7(18)17-11-5-15-14(22-15)3-9(11)8-2-12-13(21-6-20-12)4-10(8)16(17)19/h2,4,9,11,14-15H,3,5-6H2,1H3/t9-,11+,14-,15+/m1/s1. The van der Waals surface area contributed by atoms with Gasteiger partial charge in [-0.1, -0.05) is 0 Å². The van der Waals surface area contributed by atoms with Gasteiger partial charge in [-0.05, 0) is 30.5 Å². The van der Waals surface area contributed by atoms with Crippen molar-refractivity contribution in [3.05, 3.63) is 23.3 Å². The van der Waals surface area contributed by atoms with E-state index in [4.69, 9.17) is 14.2 Å². The molecule has 3 aliphatic heterocycles. The topological polar surface area (TPSA) is 68.4 Å². The fraction of sp³-hybridized carbons (Fsp3) is 0.500. The fourth-order valence-electron chi connectivity index (χ4n) is 4.13. The molecule has 5 rings (SSSR count). The van der Waals surface area contributed by atoms with Crippen LogP contribution in [0.4, 0.5) is 0 Å². The minimum atomic E-state index is -0.235. The van der Waals surface area contributed by atoms with Crippen molar-refractivity contribution in [2.75, 3.05) is 6.79 Å². The summed E-state index contributed by atoms with van der Waals surface area (Å²) in [5.74, 6) is 0.934. The summed E-state index contributed by atoms with van der Waals surface area (Å²) in [4.78, 5) is 26.2. The maximum Gasteiger partial charge on any atom is 0.261 e. The van der Waals surface area contributed by atoms with Crippen LogP contribution >= 0.6 is 0 Å². The summed E-state index contributed by atoms with van der Waals surface area (Å²) in [7, 11) is 0. The Bertz CT molecular complexity index is 715. The molecule has 1 aromatic carbocycles. The molecule has 1 saturated heterocycles. The lowest BCUT2D eigenvalue weighted by Gasteiger charge is -2.42. The van der Waals surface area contributed by atoms with Crippen LogP contribution in [0, 0.1) is 0 Å². The molecule has 6 heteroatoms. The van der Waals surface area contributed by atoms with Gasteiger partial charge in [-0.2, -0.15) is 0 Å². The molecular formula is C16H15NO5. The molecule has 1 aliphatic carbocycles. The van der Waals surface area contributed by atoms with Crippen molar-refractivity contribution in [2.24, 2.45) is 0 Å². The minimum Gasteiger partial charge on any atom is -0.454 e. The van der Waals surface area contributed by atoms with Gasteiger partial charge in [0.05, 0.1) is 12.2 Å². The third-order valence-electron chi connectivity index (χ3n) is 5.18.